The van der Waals surface area contributed by atoms with Crippen molar-refractivity contribution in [1.82, 2.24) is 0 Å². The number of carbonyl (C=O) groups excluding carboxylic acids is 2. The van der Waals surface area contributed by atoms with Crippen LogP contribution in [0.4, 0.5) is 11.4 Å². The Bertz CT molecular complexity index is 3070. The van der Waals surface area contributed by atoms with Gasteiger partial charge in [-0.15, -0.1) is 45.3 Å². The van der Waals surface area contributed by atoms with Crippen LogP contribution in [0, 0.1) is 11.8 Å². The van der Waals surface area contributed by atoms with Crippen LogP contribution in [0.1, 0.15) is 346 Å². The van der Waals surface area contributed by atoms with Crippen molar-refractivity contribution >= 4 is 112 Å². The molecule has 2 aliphatic rings. The molecule has 6 aromatic rings. The van der Waals surface area contributed by atoms with Crippen molar-refractivity contribution in [2.45, 2.75) is 337 Å². The highest BCUT2D eigenvalue weighted by Gasteiger charge is 2.43. The molecule has 0 saturated carbocycles. The van der Waals surface area contributed by atoms with Crippen molar-refractivity contribution in [3.8, 4) is 40.4 Å². The molecule has 2 atom stereocenters. The Balaban J connectivity index is 1.20. The quantitative estimate of drug-likeness (QED) is 0.0282. The molecule has 2 aromatic carbocycles. The molecule has 4 aromatic heterocycles. The highest BCUT2D eigenvalue weighted by molar-refractivity contribution is 9.11. The number of rotatable bonds is 54. The average molecular weight is 1530 g/mol. The Hall–Kier alpha value is -3.12. The molecule has 0 aliphatic carbocycles. The number of nitrogens with zero attached hydrogens (tertiary/aromatic N) is 2. The van der Waals surface area contributed by atoms with Crippen LogP contribution < -0.4 is 9.80 Å². The van der Waals surface area contributed by atoms with Gasteiger partial charge in [0.15, 0.2) is 0 Å². The van der Waals surface area contributed by atoms with Crippen LogP contribution in [0.15, 0.2) is 80.4 Å². The summed E-state index contributed by atoms with van der Waals surface area (Å²) in [5.41, 5.74) is 10.3. The fourth-order valence-electron chi connectivity index (χ4n) is 15.5. The molecule has 8 rings (SSSR count). The first-order valence-corrected chi connectivity index (χ1v) is 45.4. The standard InChI is InChI=1S/C88H128Br2N2O2S4/c1-7-13-19-25-29-31-33-35-39-45-51-71-63-79(97-85(71)77-57-59-81(89)95-77)69-53-55-73-75(61-69)91(65-67(47-41-23-17-11-5)49-43-37-27-21-15-9-3)87(93)83(73)84-74-56-54-70(62-76(74)92(88(84)94)66-68(48-42-24-18-12-6)50-44-38-28-22-16-10-4)80-64-72(86(98-80)78-58-60-82(90)96-78)52-46-40-36-34-32-30-26-20-14-8-2/h53-64,67-68H,7-52,65-66H2,1-6H3. The van der Waals surface area contributed by atoms with E-state index in [1.807, 2.05) is 45.3 Å². The second kappa shape index (κ2) is 45.9. The Morgan fingerprint density at radius 2 is 0.602 bits per heavy atom. The lowest BCUT2D eigenvalue weighted by Crippen LogP contribution is -2.34. The average Bonchev–Trinajstić information content (AvgIpc) is 1.57. The number of halogens is 2. The number of unbranched alkanes of at least 4 members (excludes halogenated alkanes) is 34. The Morgan fingerprint density at radius 1 is 0.316 bits per heavy atom. The van der Waals surface area contributed by atoms with E-state index in [0.29, 0.717) is 36.1 Å². The highest BCUT2D eigenvalue weighted by Crippen LogP contribution is 2.52. The maximum atomic E-state index is 16.4. The first-order valence-electron chi connectivity index (χ1n) is 40.5. The third-order valence-electron chi connectivity index (χ3n) is 21.4. The van der Waals surface area contributed by atoms with E-state index in [4.69, 9.17) is 0 Å². The number of benzene rings is 2. The molecular weight excluding hydrogens is 1410 g/mol. The summed E-state index contributed by atoms with van der Waals surface area (Å²) in [7, 11) is 0. The van der Waals surface area contributed by atoms with Gasteiger partial charge >= 0.3 is 0 Å². The van der Waals surface area contributed by atoms with Gasteiger partial charge in [0.25, 0.3) is 11.8 Å². The summed E-state index contributed by atoms with van der Waals surface area (Å²) in [5.74, 6) is 0.785. The molecule has 2 amide bonds. The van der Waals surface area contributed by atoms with Crippen molar-refractivity contribution < 1.29 is 9.59 Å². The lowest BCUT2D eigenvalue weighted by atomic mass is 9.93. The van der Waals surface area contributed by atoms with E-state index < -0.39 is 0 Å². The number of fused-ring (bicyclic) bond motifs is 2. The first kappa shape index (κ1) is 80.6. The number of anilines is 2. The van der Waals surface area contributed by atoms with Gasteiger partial charge in [0.05, 0.1) is 30.1 Å². The van der Waals surface area contributed by atoms with Crippen molar-refractivity contribution in [2.75, 3.05) is 22.9 Å². The molecule has 540 valence electrons. The highest BCUT2D eigenvalue weighted by atomic mass is 79.9. The van der Waals surface area contributed by atoms with Gasteiger partial charge in [0.2, 0.25) is 0 Å². The van der Waals surface area contributed by atoms with Crippen LogP contribution in [0.2, 0.25) is 0 Å². The van der Waals surface area contributed by atoms with Gasteiger partial charge < -0.3 is 9.80 Å². The molecule has 0 spiro atoms. The van der Waals surface area contributed by atoms with E-state index in [1.165, 1.54) is 308 Å². The predicted octanol–water partition coefficient (Wildman–Crippen LogP) is 31.3. The van der Waals surface area contributed by atoms with E-state index in [-0.39, 0.29) is 11.8 Å². The first-order chi connectivity index (χ1) is 48.1. The number of carbonyl (C=O) groups is 2. The Labute approximate surface area is 630 Å². The minimum Gasteiger partial charge on any atom is -0.307 e. The van der Waals surface area contributed by atoms with Gasteiger partial charge in [0, 0.05) is 53.5 Å². The molecule has 0 radical (unpaired) electrons. The topological polar surface area (TPSA) is 40.6 Å². The van der Waals surface area contributed by atoms with Gasteiger partial charge in [-0.1, -0.05) is 310 Å². The SMILES string of the molecule is CCCCCCCCCCCCc1cc(-c2ccc3c(c2)N(CC(CCCCCC)CCCCCCCC)C(=O)C3=C2C(=O)N(CC(CCCCCC)CCCCCCCC)c3cc(-c4cc(CCCCCCCCCCCC)c(-c5ccc(Br)s5)s4)ccc32)sc1-c1ccc(Br)s1. The lowest BCUT2D eigenvalue weighted by Gasteiger charge is -2.25. The minimum absolute atomic E-state index is 0.0145. The molecule has 0 saturated heterocycles. The van der Waals surface area contributed by atoms with Crippen molar-refractivity contribution in [2.24, 2.45) is 11.8 Å². The zero-order chi connectivity index (χ0) is 69.1. The fraction of sp³-hybridized carbons (Fsp3) is 0.636. The molecule has 6 heterocycles. The van der Waals surface area contributed by atoms with Crippen molar-refractivity contribution in [3.63, 3.8) is 0 Å². The van der Waals surface area contributed by atoms with E-state index in [2.05, 4.69) is 156 Å². The summed E-state index contributed by atoms with van der Waals surface area (Å²) in [6, 6.07) is 27.8. The molecule has 0 bridgehead atoms. The number of thiophene rings is 4. The molecule has 0 N–H and O–H groups in total. The number of hydrogen-bond donors (Lipinski definition) is 0. The smallest absolute Gasteiger partial charge is 0.259 e. The third-order valence-corrected chi connectivity index (χ3v) is 27.5. The van der Waals surface area contributed by atoms with Gasteiger partial charge in [-0.05, 0) is 166 Å². The van der Waals surface area contributed by atoms with Crippen LogP contribution in [0.5, 0.6) is 0 Å². The summed E-state index contributed by atoms with van der Waals surface area (Å²) in [5, 5.41) is 0. The van der Waals surface area contributed by atoms with E-state index >= 15 is 9.59 Å². The third kappa shape index (κ3) is 25.1. The molecule has 0 fully saturated rings. The number of aryl methyl sites for hydroxylation is 2. The second-order valence-corrected chi connectivity index (χ2v) is 36.6. The van der Waals surface area contributed by atoms with Crippen molar-refractivity contribution in [3.05, 3.63) is 103 Å². The van der Waals surface area contributed by atoms with Crippen LogP contribution >= 0.6 is 77.2 Å². The summed E-state index contributed by atoms with van der Waals surface area (Å²) >= 11 is 15.2. The zero-order valence-corrected chi connectivity index (χ0v) is 68.6. The van der Waals surface area contributed by atoms with E-state index in [0.717, 1.165) is 68.6 Å². The molecule has 10 heteroatoms. The van der Waals surface area contributed by atoms with Gasteiger partial charge in [-0.2, -0.15) is 0 Å². The summed E-state index contributed by atoms with van der Waals surface area (Å²) < 4.78 is 2.32. The van der Waals surface area contributed by atoms with Crippen LogP contribution in [-0.4, -0.2) is 24.9 Å². The van der Waals surface area contributed by atoms with Gasteiger partial charge in [-0.3, -0.25) is 9.59 Å². The van der Waals surface area contributed by atoms with Crippen LogP contribution in [0.3, 0.4) is 0 Å². The largest absolute Gasteiger partial charge is 0.307 e. The number of hydrogen-bond acceptors (Lipinski definition) is 6. The van der Waals surface area contributed by atoms with E-state index in [1.54, 1.807) is 0 Å². The number of amides is 2. The lowest BCUT2D eigenvalue weighted by molar-refractivity contribution is -0.114. The van der Waals surface area contributed by atoms with E-state index in [9.17, 15) is 0 Å². The van der Waals surface area contributed by atoms with Crippen molar-refractivity contribution in [1.29, 1.82) is 0 Å². The molecule has 2 unspecified atom stereocenters. The summed E-state index contributed by atoms with van der Waals surface area (Å²) in [6.07, 6.45) is 58.2. The van der Waals surface area contributed by atoms with Crippen LogP contribution in [-0.2, 0) is 22.4 Å². The Morgan fingerprint density at radius 3 is 0.898 bits per heavy atom. The van der Waals surface area contributed by atoms with Gasteiger partial charge in [0.1, 0.15) is 0 Å². The normalized spacial score (nSPS) is 14.4. The molecule has 4 nitrogen and oxygen atoms in total. The monoisotopic (exact) mass is 1530 g/mol. The zero-order valence-electron chi connectivity index (χ0n) is 62.1. The maximum absolute atomic E-state index is 16.4. The molecule has 2 aliphatic heterocycles. The minimum atomic E-state index is 0.0145. The predicted molar refractivity (Wildman–Crippen MR) is 445 cm³/mol. The Kier molecular flexibility index (Phi) is 37.7. The summed E-state index contributed by atoms with van der Waals surface area (Å²) in [6.45, 7) is 15.2. The second-order valence-electron chi connectivity index (χ2n) is 29.6. The fourth-order valence-corrected chi connectivity index (χ4v) is 21.0. The molecular formula is C88H128Br2N2O2S4. The van der Waals surface area contributed by atoms with Gasteiger partial charge in [-0.25, -0.2) is 0 Å². The summed E-state index contributed by atoms with van der Waals surface area (Å²) in [4.78, 5) is 45.1. The van der Waals surface area contributed by atoms with Crippen LogP contribution in [0.25, 0.3) is 51.5 Å². The molecule has 98 heavy (non-hydrogen) atoms. The maximum Gasteiger partial charge on any atom is 0.259 e.